The van der Waals surface area contributed by atoms with Crippen molar-refractivity contribution < 1.29 is 32.2 Å². The Labute approximate surface area is 222 Å². The van der Waals surface area contributed by atoms with Gasteiger partial charge in [-0.3, -0.25) is 4.79 Å². The van der Waals surface area contributed by atoms with Crippen LogP contribution in [-0.4, -0.2) is 70.4 Å². The number of aromatic nitrogens is 2. The van der Waals surface area contributed by atoms with Crippen LogP contribution in [-0.2, 0) is 11.2 Å². The van der Waals surface area contributed by atoms with E-state index in [9.17, 15) is 27.5 Å². The molecule has 0 radical (unpaired) electrons. The maximum Gasteiger partial charge on any atom is 0.420 e. The number of β-amino-alcohol motifs (C(OH)–C–C–N with tert-alkyl or cyclic N) is 1. The lowest BCUT2D eigenvalue weighted by molar-refractivity contribution is -0.297. The summed E-state index contributed by atoms with van der Waals surface area (Å²) in [6.45, 7) is 0.620. The first-order chi connectivity index (χ1) is 18.0. The number of aliphatic hydroxyl groups is 1. The van der Waals surface area contributed by atoms with Crippen molar-refractivity contribution in [2.24, 2.45) is 17.8 Å². The van der Waals surface area contributed by atoms with Gasteiger partial charge in [0.25, 0.3) is 0 Å². The van der Waals surface area contributed by atoms with Gasteiger partial charge in [0.1, 0.15) is 11.6 Å². The number of rotatable bonds is 8. The minimum Gasteiger partial charge on any atom is -0.493 e. The summed E-state index contributed by atoms with van der Waals surface area (Å²) < 4.78 is 58.5. The summed E-state index contributed by atoms with van der Waals surface area (Å²) in [5.41, 5.74) is -2.81. The van der Waals surface area contributed by atoms with E-state index < -0.39 is 36.6 Å². The third-order valence-corrected chi connectivity index (χ3v) is 8.12. The molecule has 1 aromatic heterocycles. The number of ether oxygens (including phenoxy) is 1. The van der Waals surface area contributed by atoms with Crippen molar-refractivity contribution in [1.29, 1.82) is 0 Å². The van der Waals surface area contributed by atoms with Crippen molar-refractivity contribution in [3.63, 3.8) is 0 Å². The van der Waals surface area contributed by atoms with Gasteiger partial charge in [-0.15, -0.1) is 0 Å². The van der Waals surface area contributed by atoms with Gasteiger partial charge in [0, 0.05) is 19.2 Å². The van der Waals surface area contributed by atoms with E-state index in [1.54, 1.807) is 18.5 Å². The number of nitrogens with zero attached hydrogens (tertiary/aromatic N) is 4. The minimum atomic E-state index is -4.81. The lowest BCUT2D eigenvalue weighted by Gasteiger charge is -2.46. The Morgan fingerprint density at radius 1 is 1.18 bits per heavy atom. The third kappa shape index (κ3) is 5.83. The number of hydrogen-bond donors (Lipinski definition) is 1. The zero-order chi connectivity index (χ0) is 27.1. The molecule has 12 heteroatoms. The molecule has 3 heterocycles. The van der Waals surface area contributed by atoms with Gasteiger partial charge in [-0.05, 0) is 55.1 Å². The van der Waals surface area contributed by atoms with Crippen LogP contribution in [0.4, 0.5) is 23.5 Å². The van der Waals surface area contributed by atoms with Gasteiger partial charge >= 0.3 is 6.18 Å². The molecule has 1 amide bonds. The second-order valence-corrected chi connectivity index (χ2v) is 11.0. The van der Waals surface area contributed by atoms with Crippen LogP contribution in [0, 0.1) is 23.6 Å². The van der Waals surface area contributed by atoms with E-state index in [-0.39, 0.29) is 12.0 Å². The molecule has 0 spiro atoms. The fourth-order valence-electron chi connectivity index (χ4n) is 5.48. The zero-order valence-corrected chi connectivity index (χ0v) is 21.4. The summed E-state index contributed by atoms with van der Waals surface area (Å²) in [5, 5.41) is 10.0. The average Bonchev–Trinajstić information content (AvgIpc) is 3.63. The summed E-state index contributed by atoms with van der Waals surface area (Å²) in [7, 11) is 0. The second-order valence-electron chi connectivity index (χ2n) is 10.5. The summed E-state index contributed by atoms with van der Waals surface area (Å²) in [6, 6.07) is 4.17. The van der Waals surface area contributed by atoms with Gasteiger partial charge < -0.3 is 19.6 Å². The molecule has 5 rings (SSSR count). The van der Waals surface area contributed by atoms with Crippen LogP contribution >= 0.6 is 11.6 Å². The Morgan fingerprint density at radius 2 is 1.87 bits per heavy atom. The Morgan fingerprint density at radius 3 is 2.50 bits per heavy atom. The molecule has 1 N–H and O–H groups in total. The van der Waals surface area contributed by atoms with Gasteiger partial charge in [0.05, 0.1) is 43.5 Å². The predicted octanol–water partition coefficient (Wildman–Crippen LogP) is 4.27. The van der Waals surface area contributed by atoms with Crippen LogP contribution in [0.3, 0.4) is 0 Å². The molecule has 38 heavy (non-hydrogen) atoms. The fraction of sp³-hybridized carbons (Fsp3) is 0.577. The molecule has 2 aromatic rings. The largest absolute Gasteiger partial charge is 0.493 e. The van der Waals surface area contributed by atoms with E-state index in [1.165, 1.54) is 18.6 Å². The van der Waals surface area contributed by atoms with Gasteiger partial charge in [0.15, 0.2) is 5.60 Å². The molecule has 1 aromatic carbocycles. The normalized spacial score (nSPS) is 23.2. The highest BCUT2D eigenvalue weighted by atomic mass is 35.5. The first-order valence-corrected chi connectivity index (χ1v) is 13.1. The number of hydrogen-bond acceptors (Lipinski definition) is 6. The SMILES string of the molecule is O=C(Cc1ccc(OCC[C@@H]2C[C@@H]2C2CCN(c3ncc(Cl)cn3)CC2)cc1F)N1CC(O)(C(F)(F)F)C1. The van der Waals surface area contributed by atoms with Crippen LogP contribution in [0.15, 0.2) is 30.6 Å². The number of benzene rings is 1. The topological polar surface area (TPSA) is 78.8 Å². The van der Waals surface area contributed by atoms with Gasteiger partial charge in [0.2, 0.25) is 11.9 Å². The van der Waals surface area contributed by atoms with E-state index in [0.29, 0.717) is 41.1 Å². The molecular formula is C26H29ClF4N4O3. The number of likely N-dealkylation sites (tertiary alicyclic amines) is 1. The molecule has 3 aliphatic rings. The Kier molecular flexibility index (Phi) is 7.43. The van der Waals surface area contributed by atoms with Crippen LogP contribution in [0.1, 0.15) is 31.2 Å². The first kappa shape index (κ1) is 26.9. The molecule has 2 atom stereocenters. The first-order valence-electron chi connectivity index (χ1n) is 12.7. The lowest BCUT2D eigenvalue weighted by Crippen LogP contribution is -2.70. The van der Waals surface area contributed by atoms with Gasteiger partial charge in [-0.1, -0.05) is 17.7 Å². The summed E-state index contributed by atoms with van der Waals surface area (Å²) in [6.07, 6.45) is 2.26. The Bertz CT molecular complexity index is 1150. The average molecular weight is 557 g/mol. The molecule has 206 valence electrons. The second kappa shape index (κ2) is 10.5. The summed E-state index contributed by atoms with van der Waals surface area (Å²) in [4.78, 5) is 23.9. The predicted molar refractivity (Wildman–Crippen MR) is 131 cm³/mol. The van der Waals surface area contributed by atoms with E-state index in [1.807, 2.05) is 0 Å². The molecule has 2 aliphatic heterocycles. The maximum absolute atomic E-state index is 14.5. The van der Waals surface area contributed by atoms with E-state index in [4.69, 9.17) is 16.3 Å². The lowest BCUT2D eigenvalue weighted by atomic mass is 9.90. The fourth-order valence-corrected chi connectivity index (χ4v) is 5.58. The van der Waals surface area contributed by atoms with Crippen LogP contribution < -0.4 is 9.64 Å². The Balaban J connectivity index is 1.01. The van der Waals surface area contributed by atoms with Crippen molar-refractivity contribution in [3.8, 4) is 5.75 Å². The third-order valence-electron chi connectivity index (χ3n) is 7.92. The number of alkyl halides is 3. The van der Waals surface area contributed by atoms with Crippen molar-refractivity contribution in [1.82, 2.24) is 14.9 Å². The number of carbonyl (C=O) groups excluding carboxylic acids is 1. The molecular weight excluding hydrogens is 528 g/mol. The van der Waals surface area contributed by atoms with Gasteiger partial charge in [-0.25, -0.2) is 14.4 Å². The zero-order valence-electron chi connectivity index (χ0n) is 20.6. The number of piperidine rings is 1. The number of halogens is 5. The molecule has 7 nitrogen and oxygen atoms in total. The minimum absolute atomic E-state index is 0.0717. The van der Waals surface area contributed by atoms with Crippen molar-refractivity contribution >= 4 is 23.5 Å². The van der Waals surface area contributed by atoms with Crippen LogP contribution in [0.2, 0.25) is 5.02 Å². The number of amides is 1. The molecule has 3 fully saturated rings. The Hall–Kier alpha value is -2.66. The van der Waals surface area contributed by atoms with Crippen LogP contribution in [0.5, 0.6) is 5.75 Å². The standard InChI is InChI=1S/C26H29ClF4N4O3/c27-19-12-32-24(33-13-19)34-6-3-16(4-7-34)21-9-17(21)5-8-38-20-2-1-18(22(28)11-20)10-23(36)35-14-25(37,15-35)26(29,30)31/h1-2,11-13,16-17,21,37H,3-10,14-15H2/t17-,21-/m1/s1. The van der Waals surface area contributed by atoms with Crippen LogP contribution in [0.25, 0.3) is 0 Å². The summed E-state index contributed by atoms with van der Waals surface area (Å²) >= 11 is 5.87. The quantitative estimate of drug-likeness (QED) is 0.489. The highest BCUT2D eigenvalue weighted by molar-refractivity contribution is 6.30. The van der Waals surface area contributed by atoms with E-state index in [2.05, 4.69) is 14.9 Å². The molecule has 1 saturated carbocycles. The molecule has 0 bridgehead atoms. The number of anilines is 1. The van der Waals surface area contributed by atoms with Crippen molar-refractivity contribution in [2.45, 2.75) is 43.9 Å². The molecule has 2 saturated heterocycles. The summed E-state index contributed by atoms with van der Waals surface area (Å²) in [5.74, 6) is 1.67. The van der Waals surface area contributed by atoms with E-state index in [0.717, 1.165) is 37.3 Å². The van der Waals surface area contributed by atoms with Crippen molar-refractivity contribution in [3.05, 3.63) is 47.0 Å². The highest BCUT2D eigenvalue weighted by Gasteiger charge is 2.62. The van der Waals surface area contributed by atoms with Gasteiger partial charge in [-0.2, -0.15) is 13.2 Å². The van der Waals surface area contributed by atoms with E-state index >= 15 is 0 Å². The smallest absolute Gasteiger partial charge is 0.420 e. The molecule has 1 aliphatic carbocycles. The highest BCUT2D eigenvalue weighted by Crippen LogP contribution is 2.50. The molecule has 0 unspecified atom stereocenters. The maximum atomic E-state index is 14.5. The monoisotopic (exact) mass is 556 g/mol. The number of carbonyl (C=O) groups is 1. The van der Waals surface area contributed by atoms with Crippen molar-refractivity contribution in [2.75, 3.05) is 37.7 Å².